The van der Waals surface area contributed by atoms with Crippen LogP contribution in [0.3, 0.4) is 0 Å². The maximum Gasteiger partial charge on any atom is 0.312 e. The van der Waals surface area contributed by atoms with Crippen molar-refractivity contribution < 1.29 is 4.79 Å². The SMILES string of the molecule is NNc1cc(NCCNC(N)=O)ncn1. The predicted molar refractivity (Wildman–Crippen MR) is 55.9 cm³/mol. The lowest BCUT2D eigenvalue weighted by molar-refractivity contribution is 0.249. The summed E-state index contributed by atoms with van der Waals surface area (Å²) in [5, 5.41) is 5.39. The Morgan fingerprint density at radius 3 is 2.73 bits per heavy atom. The molecular formula is C7H13N7O. The van der Waals surface area contributed by atoms with Gasteiger partial charge in [0.2, 0.25) is 0 Å². The van der Waals surface area contributed by atoms with Gasteiger partial charge in [-0.3, -0.25) is 0 Å². The number of amides is 2. The maximum atomic E-state index is 10.3. The summed E-state index contributed by atoms with van der Waals surface area (Å²) in [5.74, 6) is 6.30. The second kappa shape index (κ2) is 5.60. The van der Waals surface area contributed by atoms with E-state index in [4.69, 9.17) is 11.6 Å². The molecule has 0 saturated heterocycles. The van der Waals surface area contributed by atoms with E-state index in [9.17, 15) is 4.79 Å². The highest BCUT2D eigenvalue weighted by molar-refractivity contribution is 5.71. The lowest BCUT2D eigenvalue weighted by Crippen LogP contribution is -2.33. The Hall–Kier alpha value is -2.09. The quantitative estimate of drug-likeness (QED) is 0.237. The third kappa shape index (κ3) is 4.09. The van der Waals surface area contributed by atoms with Crippen LogP contribution in [0.15, 0.2) is 12.4 Å². The summed E-state index contributed by atoms with van der Waals surface area (Å²) in [7, 11) is 0. The predicted octanol–water partition coefficient (Wildman–Crippen LogP) is -1.16. The van der Waals surface area contributed by atoms with Crippen molar-refractivity contribution in [2.75, 3.05) is 23.8 Å². The average Bonchev–Trinajstić information content (AvgIpc) is 2.24. The Labute approximate surface area is 86.4 Å². The van der Waals surface area contributed by atoms with Crippen LogP contribution in [0.1, 0.15) is 0 Å². The number of urea groups is 1. The number of nitrogens with zero attached hydrogens (tertiary/aromatic N) is 2. The molecule has 1 heterocycles. The fourth-order valence-electron chi connectivity index (χ4n) is 0.909. The highest BCUT2D eigenvalue weighted by Crippen LogP contribution is 2.05. The summed E-state index contributed by atoms with van der Waals surface area (Å²) in [4.78, 5) is 18.1. The van der Waals surface area contributed by atoms with Gasteiger partial charge in [0.1, 0.15) is 18.0 Å². The number of hydrazine groups is 1. The highest BCUT2D eigenvalue weighted by atomic mass is 16.2. The van der Waals surface area contributed by atoms with Crippen molar-refractivity contribution in [3.8, 4) is 0 Å². The third-order valence-electron chi connectivity index (χ3n) is 1.55. The Morgan fingerprint density at radius 1 is 1.33 bits per heavy atom. The van der Waals surface area contributed by atoms with Crippen molar-refractivity contribution in [3.05, 3.63) is 12.4 Å². The number of nitrogen functional groups attached to an aromatic ring is 1. The molecule has 82 valence electrons. The molecule has 1 aromatic rings. The van der Waals surface area contributed by atoms with Crippen LogP contribution in [0.4, 0.5) is 16.4 Å². The van der Waals surface area contributed by atoms with Gasteiger partial charge in [0.05, 0.1) is 0 Å². The second-order valence-electron chi connectivity index (χ2n) is 2.65. The third-order valence-corrected chi connectivity index (χ3v) is 1.55. The van der Waals surface area contributed by atoms with E-state index in [1.165, 1.54) is 6.33 Å². The number of anilines is 2. The molecule has 0 unspecified atom stereocenters. The molecule has 8 heteroatoms. The number of aromatic nitrogens is 2. The van der Waals surface area contributed by atoms with E-state index < -0.39 is 6.03 Å². The topological polar surface area (TPSA) is 131 Å². The monoisotopic (exact) mass is 211 g/mol. The van der Waals surface area contributed by atoms with Crippen LogP contribution < -0.4 is 27.6 Å². The zero-order valence-electron chi connectivity index (χ0n) is 8.03. The van der Waals surface area contributed by atoms with Crippen molar-refractivity contribution in [3.63, 3.8) is 0 Å². The smallest absolute Gasteiger partial charge is 0.312 e. The minimum Gasteiger partial charge on any atom is -0.368 e. The van der Waals surface area contributed by atoms with Gasteiger partial charge in [-0.15, -0.1) is 0 Å². The molecule has 15 heavy (non-hydrogen) atoms. The van der Waals surface area contributed by atoms with Crippen LogP contribution in [-0.4, -0.2) is 29.1 Å². The number of carbonyl (C=O) groups is 1. The Bertz CT molecular complexity index is 329. The van der Waals surface area contributed by atoms with Gasteiger partial charge >= 0.3 is 6.03 Å². The average molecular weight is 211 g/mol. The standard InChI is InChI=1S/C7H13N7O/c8-7(15)11-2-1-10-5-3-6(14-9)13-4-12-5/h3-4H,1-2,9H2,(H3,8,11,15)(H2,10,12,13,14). The zero-order valence-corrected chi connectivity index (χ0v) is 8.03. The van der Waals surface area contributed by atoms with E-state index in [1.54, 1.807) is 6.07 Å². The molecule has 8 nitrogen and oxygen atoms in total. The fourth-order valence-corrected chi connectivity index (χ4v) is 0.909. The highest BCUT2D eigenvalue weighted by Gasteiger charge is 1.96. The molecule has 0 spiro atoms. The van der Waals surface area contributed by atoms with Gasteiger partial charge in [-0.25, -0.2) is 20.6 Å². The summed E-state index contributed by atoms with van der Waals surface area (Å²) >= 11 is 0. The molecule has 0 fully saturated rings. The lowest BCUT2D eigenvalue weighted by Gasteiger charge is -2.06. The van der Waals surface area contributed by atoms with E-state index in [0.717, 1.165) is 0 Å². The molecule has 2 amide bonds. The molecule has 0 aromatic carbocycles. The van der Waals surface area contributed by atoms with E-state index >= 15 is 0 Å². The maximum absolute atomic E-state index is 10.3. The van der Waals surface area contributed by atoms with Crippen LogP contribution >= 0.6 is 0 Å². The number of hydrogen-bond acceptors (Lipinski definition) is 6. The molecular weight excluding hydrogens is 198 g/mol. The first kappa shape index (κ1) is 11.0. The van der Waals surface area contributed by atoms with Crippen molar-refractivity contribution in [2.24, 2.45) is 11.6 Å². The van der Waals surface area contributed by atoms with Gasteiger partial charge in [0.25, 0.3) is 0 Å². The molecule has 1 rings (SSSR count). The first-order chi connectivity index (χ1) is 7.22. The molecule has 0 saturated carbocycles. The summed E-state index contributed by atoms with van der Waals surface area (Å²) in [6.45, 7) is 0.939. The first-order valence-electron chi connectivity index (χ1n) is 4.28. The summed E-state index contributed by atoms with van der Waals surface area (Å²) in [5.41, 5.74) is 7.28. The number of nitrogens with one attached hydrogen (secondary N) is 3. The van der Waals surface area contributed by atoms with Gasteiger partial charge in [0.15, 0.2) is 0 Å². The second-order valence-corrected chi connectivity index (χ2v) is 2.65. The Balaban J connectivity index is 2.33. The summed E-state index contributed by atoms with van der Waals surface area (Å²) in [6.07, 6.45) is 1.37. The van der Waals surface area contributed by atoms with E-state index in [1.807, 2.05) is 0 Å². The number of carbonyl (C=O) groups excluding carboxylic acids is 1. The van der Waals surface area contributed by atoms with Crippen molar-refractivity contribution in [1.29, 1.82) is 0 Å². The largest absolute Gasteiger partial charge is 0.368 e. The van der Waals surface area contributed by atoms with E-state index in [0.29, 0.717) is 24.7 Å². The molecule has 0 bridgehead atoms. The first-order valence-corrected chi connectivity index (χ1v) is 4.28. The Kier molecular flexibility index (Phi) is 4.10. The molecule has 0 aliphatic carbocycles. The van der Waals surface area contributed by atoms with Crippen LogP contribution in [0.25, 0.3) is 0 Å². The Morgan fingerprint density at radius 2 is 2.07 bits per heavy atom. The van der Waals surface area contributed by atoms with Crippen molar-refractivity contribution in [1.82, 2.24) is 15.3 Å². The molecule has 0 aliphatic heterocycles. The van der Waals surface area contributed by atoms with Crippen LogP contribution in [0, 0.1) is 0 Å². The van der Waals surface area contributed by atoms with Gasteiger partial charge < -0.3 is 21.8 Å². The van der Waals surface area contributed by atoms with Crippen molar-refractivity contribution >= 4 is 17.7 Å². The molecule has 0 radical (unpaired) electrons. The van der Waals surface area contributed by atoms with Crippen molar-refractivity contribution in [2.45, 2.75) is 0 Å². The van der Waals surface area contributed by atoms with Crippen LogP contribution in [-0.2, 0) is 0 Å². The normalized spacial score (nSPS) is 9.40. The number of rotatable bonds is 5. The minimum absolute atomic E-state index is 0.421. The summed E-state index contributed by atoms with van der Waals surface area (Å²) in [6, 6.07) is 1.09. The van der Waals surface area contributed by atoms with E-state index in [-0.39, 0.29) is 0 Å². The number of primary amides is 1. The van der Waals surface area contributed by atoms with Gasteiger partial charge in [0, 0.05) is 19.2 Å². The van der Waals surface area contributed by atoms with Gasteiger partial charge in [-0.1, -0.05) is 0 Å². The zero-order chi connectivity index (χ0) is 11.1. The van der Waals surface area contributed by atoms with E-state index in [2.05, 4.69) is 26.0 Å². The summed E-state index contributed by atoms with van der Waals surface area (Å²) < 4.78 is 0. The van der Waals surface area contributed by atoms with Gasteiger partial charge in [-0.2, -0.15) is 0 Å². The molecule has 0 atom stereocenters. The van der Waals surface area contributed by atoms with Crippen LogP contribution in [0.5, 0.6) is 0 Å². The minimum atomic E-state index is -0.552. The number of nitrogens with two attached hydrogens (primary N) is 2. The van der Waals surface area contributed by atoms with Gasteiger partial charge in [-0.05, 0) is 0 Å². The van der Waals surface area contributed by atoms with Crippen LogP contribution in [0.2, 0.25) is 0 Å². The fraction of sp³-hybridized carbons (Fsp3) is 0.286. The molecule has 7 N–H and O–H groups in total. The number of hydrogen-bond donors (Lipinski definition) is 5. The molecule has 1 aromatic heterocycles. The lowest BCUT2D eigenvalue weighted by atomic mass is 10.5. The molecule has 0 aliphatic rings.